The average Bonchev–Trinajstić information content (AvgIpc) is 3.19. The van der Waals surface area contributed by atoms with E-state index in [1.165, 1.54) is 36.0 Å². The third kappa shape index (κ3) is 5.79. The molecule has 4 rings (SSSR count). The van der Waals surface area contributed by atoms with E-state index in [4.69, 9.17) is 0 Å². The second-order valence-corrected chi connectivity index (χ2v) is 8.97. The maximum atomic E-state index is 12.9. The number of aliphatic hydroxyl groups is 2. The molecule has 1 heterocycles. The number of benzene rings is 2. The highest BCUT2D eigenvalue weighted by Gasteiger charge is 2.50. The average molecular weight is 481 g/mol. The molecule has 5 atom stereocenters. The van der Waals surface area contributed by atoms with Gasteiger partial charge in [0.25, 0.3) is 0 Å². The molecule has 2 aromatic rings. The number of amidine groups is 1. The predicted molar refractivity (Wildman–Crippen MR) is 118 cm³/mol. The van der Waals surface area contributed by atoms with Gasteiger partial charge in [0.2, 0.25) is 5.91 Å². The zero-order valence-corrected chi connectivity index (χ0v) is 18.0. The molecule has 2 aliphatic rings. The molecular weight excluding hydrogens is 459 g/mol. The number of ether oxygens (including phenoxy) is 1. The number of carbonyl (C=O) groups is 1. The minimum atomic E-state index is -4.77. The van der Waals surface area contributed by atoms with Crippen molar-refractivity contribution in [2.24, 2.45) is 10.9 Å². The molecule has 1 amide bonds. The molecule has 0 spiro atoms. The molecule has 0 bridgehead atoms. The SMILES string of the molecule is O=C(NCc1ccccc1)C1CC(O)C(O)C2N=C(Nc3ccc(OC(F)(F)F)cc3)SC12. The monoisotopic (exact) mass is 481 g/mol. The number of nitrogens with one attached hydrogen (secondary N) is 2. The lowest BCUT2D eigenvalue weighted by Crippen LogP contribution is -2.53. The van der Waals surface area contributed by atoms with E-state index < -0.39 is 35.8 Å². The highest BCUT2D eigenvalue weighted by Crippen LogP contribution is 2.41. The number of rotatable bonds is 5. The van der Waals surface area contributed by atoms with Crippen molar-refractivity contribution in [2.75, 3.05) is 5.32 Å². The molecule has 5 unspecified atom stereocenters. The largest absolute Gasteiger partial charge is 0.573 e. The summed E-state index contributed by atoms with van der Waals surface area (Å²) in [7, 11) is 0. The first-order chi connectivity index (χ1) is 15.7. The number of nitrogens with zero attached hydrogens (tertiary/aromatic N) is 1. The molecule has 0 saturated heterocycles. The Labute approximate surface area is 192 Å². The maximum absolute atomic E-state index is 12.9. The van der Waals surface area contributed by atoms with Crippen molar-refractivity contribution in [1.82, 2.24) is 5.32 Å². The van der Waals surface area contributed by atoms with Crippen LogP contribution in [-0.2, 0) is 11.3 Å². The van der Waals surface area contributed by atoms with Crippen LogP contribution >= 0.6 is 11.8 Å². The van der Waals surface area contributed by atoms with Gasteiger partial charge >= 0.3 is 6.36 Å². The van der Waals surface area contributed by atoms with Gasteiger partial charge in [0.05, 0.1) is 18.1 Å². The molecule has 33 heavy (non-hydrogen) atoms. The maximum Gasteiger partial charge on any atom is 0.573 e. The second-order valence-electron chi connectivity index (χ2n) is 7.81. The van der Waals surface area contributed by atoms with Crippen LogP contribution in [0, 0.1) is 5.92 Å². The summed E-state index contributed by atoms with van der Waals surface area (Å²) in [6.07, 6.45) is -6.89. The Morgan fingerprint density at radius 2 is 1.82 bits per heavy atom. The minimum Gasteiger partial charge on any atom is -0.406 e. The quantitative estimate of drug-likeness (QED) is 0.524. The van der Waals surface area contributed by atoms with Crippen molar-refractivity contribution in [3.05, 3.63) is 60.2 Å². The molecule has 1 aliphatic carbocycles. The van der Waals surface area contributed by atoms with Gasteiger partial charge in [0.15, 0.2) is 5.17 Å². The number of thioether (sulfide) groups is 1. The van der Waals surface area contributed by atoms with E-state index in [0.717, 1.165) is 5.56 Å². The van der Waals surface area contributed by atoms with E-state index in [1.807, 2.05) is 30.3 Å². The molecule has 11 heteroatoms. The minimum absolute atomic E-state index is 0.0994. The molecule has 1 aliphatic heterocycles. The summed E-state index contributed by atoms with van der Waals surface area (Å²) >= 11 is 1.26. The number of halogens is 3. The van der Waals surface area contributed by atoms with Crippen molar-refractivity contribution in [3.8, 4) is 5.75 Å². The van der Waals surface area contributed by atoms with E-state index >= 15 is 0 Å². The topological polar surface area (TPSA) is 103 Å². The number of aliphatic imine (C=N–C) groups is 1. The fraction of sp³-hybridized carbons (Fsp3) is 0.364. The molecule has 4 N–H and O–H groups in total. The van der Waals surface area contributed by atoms with Gasteiger partial charge < -0.3 is 25.6 Å². The van der Waals surface area contributed by atoms with Crippen LogP contribution in [-0.4, -0.2) is 51.1 Å². The molecule has 0 aromatic heterocycles. The molecule has 7 nitrogen and oxygen atoms in total. The van der Waals surface area contributed by atoms with Gasteiger partial charge in [-0.3, -0.25) is 9.79 Å². The summed E-state index contributed by atoms with van der Waals surface area (Å²) in [5, 5.41) is 26.6. The molecule has 1 saturated carbocycles. The molecule has 1 fully saturated rings. The lowest BCUT2D eigenvalue weighted by atomic mass is 9.81. The fourth-order valence-corrected chi connectivity index (χ4v) is 5.26. The van der Waals surface area contributed by atoms with E-state index in [1.54, 1.807) is 0 Å². The van der Waals surface area contributed by atoms with Crippen LogP contribution in [0.3, 0.4) is 0 Å². The van der Waals surface area contributed by atoms with Crippen LogP contribution in [0.4, 0.5) is 18.9 Å². The zero-order valence-electron chi connectivity index (χ0n) is 17.2. The first kappa shape index (κ1) is 23.4. The number of fused-ring (bicyclic) bond motifs is 1. The molecule has 0 radical (unpaired) electrons. The van der Waals surface area contributed by atoms with Gasteiger partial charge in [-0.15, -0.1) is 13.2 Å². The van der Waals surface area contributed by atoms with Crippen LogP contribution < -0.4 is 15.4 Å². The van der Waals surface area contributed by atoms with Crippen molar-refractivity contribution in [3.63, 3.8) is 0 Å². The van der Waals surface area contributed by atoms with Gasteiger partial charge in [0.1, 0.15) is 11.9 Å². The number of aliphatic hydroxyl groups excluding tert-OH is 2. The normalized spacial score (nSPS) is 26.8. The van der Waals surface area contributed by atoms with Crippen LogP contribution in [0.15, 0.2) is 59.6 Å². The predicted octanol–water partition coefficient (Wildman–Crippen LogP) is 2.90. The van der Waals surface area contributed by atoms with Gasteiger partial charge in [-0.25, -0.2) is 0 Å². The summed E-state index contributed by atoms with van der Waals surface area (Å²) in [4.78, 5) is 17.3. The van der Waals surface area contributed by atoms with E-state index in [-0.39, 0.29) is 18.1 Å². The van der Waals surface area contributed by atoms with E-state index in [0.29, 0.717) is 17.4 Å². The van der Waals surface area contributed by atoms with Crippen LogP contribution in [0.1, 0.15) is 12.0 Å². The van der Waals surface area contributed by atoms with Crippen LogP contribution in [0.25, 0.3) is 0 Å². The van der Waals surface area contributed by atoms with Gasteiger partial charge in [-0.1, -0.05) is 42.1 Å². The Kier molecular flexibility index (Phi) is 6.82. The number of anilines is 1. The summed E-state index contributed by atoms with van der Waals surface area (Å²) in [5.74, 6) is -1.17. The highest BCUT2D eigenvalue weighted by atomic mass is 32.2. The number of hydrogen-bond donors (Lipinski definition) is 4. The Morgan fingerprint density at radius 1 is 1.12 bits per heavy atom. The van der Waals surface area contributed by atoms with E-state index in [9.17, 15) is 28.2 Å². The van der Waals surface area contributed by atoms with Crippen molar-refractivity contribution < 1.29 is 32.9 Å². The Hall–Kier alpha value is -2.76. The number of alkyl halides is 3. The van der Waals surface area contributed by atoms with Gasteiger partial charge in [-0.05, 0) is 36.2 Å². The summed E-state index contributed by atoms with van der Waals surface area (Å²) in [6, 6.07) is 13.9. The molecule has 176 valence electrons. The number of amides is 1. The first-order valence-corrected chi connectivity index (χ1v) is 11.1. The number of hydrogen-bond acceptors (Lipinski definition) is 7. The highest BCUT2D eigenvalue weighted by molar-refractivity contribution is 8.15. The first-order valence-electron chi connectivity index (χ1n) is 10.2. The summed E-state index contributed by atoms with van der Waals surface area (Å²) in [6.45, 7) is 0.342. The zero-order chi connectivity index (χ0) is 23.6. The Morgan fingerprint density at radius 3 is 2.48 bits per heavy atom. The van der Waals surface area contributed by atoms with Crippen LogP contribution in [0.5, 0.6) is 5.75 Å². The molecular formula is C22H22F3N3O4S. The summed E-state index contributed by atoms with van der Waals surface area (Å²) in [5.41, 5.74) is 1.41. The van der Waals surface area contributed by atoms with Gasteiger partial charge in [-0.2, -0.15) is 0 Å². The standard InChI is InChI=1S/C22H22F3N3O4S/c23-22(24,25)32-14-8-6-13(7-9-14)27-21-28-17-18(30)16(29)10-15(19(17)33-21)20(31)26-11-12-4-2-1-3-5-12/h1-9,15-19,29-30H,10-11H2,(H,26,31)(H,27,28). The Balaban J connectivity index is 1.41. The lowest BCUT2D eigenvalue weighted by molar-refractivity contribution is -0.274. The third-order valence-electron chi connectivity index (χ3n) is 5.47. The second kappa shape index (κ2) is 9.62. The fourth-order valence-electron chi connectivity index (χ4n) is 3.89. The Bertz CT molecular complexity index is 1000. The lowest BCUT2D eigenvalue weighted by Gasteiger charge is -2.37. The van der Waals surface area contributed by atoms with Crippen molar-refractivity contribution in [1.29, 1.82) is 0 Å². The van der Waals surface area contributed by atoms with Crippen LogP contribution in [0.2, 0.25) is 0 Å². The third-order valence-corrected chi connectivity index (χ3v) is 6.78. The molecule has 2 aromatic carbocycles. The van der Waals surface area contributed by atoms with E-state index in [2.05, 4.69) is 20.4 Å². The van der Waals surface area contributed by atoms with Gasteiger partial charge in [0, 0.05) is 17.5 Å². The van der Waals surface area contributed by atoms with Crippen molar-refractivity contribution in [2.45, 2.75) is 42.8 Å². The summed E-state index contributed by atoms with van der Waals surface area (Å²) < 4.78 is 40.8. The van der Waals surface area contributed by atoms with Crippen molar-refractivity contribution >= 4 is 28.5 Å². The number of carbonyl (C=O) groups excluding carboxylic acids is 1. The smallest absolute Gasteiger partial charge is 0.406 e.